The lowest BCUT2D eigenvalue weighted by Crippen LogP contribution is -2.26. The van der Waals surface area contributed by atoms with Crippen LogP contribution in [0.1, 0.15) is 20.8 Å². The topological polar surface area (TPSA) is 138 Å². The van der Waals surface area contributed by atoms with Crippen LogP contribution in [0.5, 0.6) is 5.75 Å². The number of carbonyl (C=O) groups excluding carboxylic acids is 3. The van der Waals surface area contributed by atoms with Gasteiger partial charge in [0.2, 0.25) is 0 Å². The van der Waals surface area contributed by atoms with Crippen LogP contribution in [0.4, 0.5) is 16.3 Å². The maximum Gasteiger partial charge on any atom is 0.326 e. The van der Waals surface area contributed by atoms with Gasteiger partial charge in [0.15, 0.2) is 12.4 Å². The first-order valence-corrected chi connectivity index (χ1v) is 8.43. The van der Waals surface area contributed by atoms with Crippen molar-refractivity contribution in [3.05, 3.63) is 36.8 Å². The Balaban J connectivity index is 1.88. The van der Waals surface area contributed by atoms with Crippen molar-refractivity contribution in [2.45, 2.75) is 32.9 Å². The molecule has 28 heavy (non-hydrogen) atoms. The third-order valence-corrected chi connectivity index (χ3v) is 3.08. The molecule has 1 aromatic carbocycles. The van der Waals surface area contributed by atoms with Crippen LogP contribution in [0.2, 0.25) is 0 Å². The first-order chi connectivity index (χ1) is 13.1. The second-order valence-electron chi connectivity index (χ2n) is 6.88. The minimum absolute atomic E-state index is 0.0210. The van der Waals surface area contributed by atoms with Crippen LogP contribution in [-0.4, -0.2) is 39.7 Å². The number of amides is 3. The molecule has 0 unspecified atom stereocenters. The Bertz CT molecular complexity index is 856. The number of nitrogens with one attached hydrogen (secondary N) is 2. The predicted molar refractivity (Wildman–Crippen MR) is 102 cm³/mol. The van der Waals surface area contributed by atoms with E-state index in [0.29, 0.717) is 11.4 Å². The molecule has 0 saturated heterocycles. The minimum atomic E-state index is -0.599. The van der Waals surface area contributed by atoms with E-state index in [-0.39, 0.29) is 19.0 Å². The Labute approximate surface area is 162 Å². The number of ether oxygens (including phenoxy) is 2. The summed E-state index contributed by atoms with van der Waals surface area (Å²) in [5.41, 5.74) is 4.90. The molecule has 0 bridgehead atoms. The SMILES string of the molecule is CC(C)(C)OC(=O)Cn1cnc(NC(=O)Nc2cccc(OCC(N)=O)c2)c1. The molecule has 10 heteroatoms. The van der Waals surface area contributed by atoms with E-state index >= 15 is 0 Å². The number of rotatable bonds is 7. The Morgan fingerprint density at radius 2 is 1.96 bits per heavy atom. The maximum atomic E-state index is 12.1. The first kappa shape index (κ1) is 20.7. The Kier molecular flexibility index (Phi) is 6.59. The zero-order valence-electron chi connectivity index (χ0n) is 15.9. The molecular weight excluding hydrogens is 366 g/mol. The highest BCUT2D eigenvalue weighted by Gasteiger charge is 2.16. The van der Waals surface area contributed by atoms with E-state index in [4.69, 9.17) is 15.2 Å². The van der Waals surface area contributed by atoms with E-state index < -0.39 is 23.5 Å². The third-order valence-electron chi connectivity index (χ3n) is 3.08. The largest absolute Gasteiger partial charge is 0.484 e. The molecule has 0 aliphatic rings. The van der Waals surface area contributed by atoms with Crippen LogP contribution in [0.3, 0.4) is 0 Å². The number of imidazole rings is 1. The van der Waals surface area contributed by atoms with E-state index in [2.05, 4.69) is 15.6 Å². The Morgan fingerprint density at radius 1 is 1.21 bits per heavy atom. The molecule has 3 amide bonds. The normalized spacial score (nSPS) is 10.8. The fraction of sp³-hybridized carbons (Fsp3) is 0.333. The number of aromatic nitrogens is 2. The molecule has 0 aliphatic heterocycles. The number of hydrogen-bond acceptors (Lipinski definition) is 6. The van der Waals surface area contributed by atoms with Crippen LogP contribution >= 0.6 is 0 Å². The minimum Gasteiger partial charge on any atom is -0.484 e. The van der Waals surface area contributed by atoms with Gasteiger partial charge in [-0.2, -0.15) is 0 Å². The van der Waals surface area contributed by atoms with Crippen molar-refractivity contribution < 1.29 is 23.9 Å². The molecule has 150 valence electrons. The van der Waals surface area contributed by atoms with E-state index in [9.17, 15) is 14.4 Å². The van der Waals surface area contributed by atoms with Gasteiger partial charge in [0, 0.05) is 18.0 Å². The average Bonchev–Trinajstić information content (AvgIpc) is 2.98. The van der Waals surface area contributed by atoms with Gasteiger partial charge in [0.1, 0.15) is 17.9 Å². The van der Waals surface area contributed by atoms with Gasteiger partial charge in [0.25, 0.3) is 5.91 Å². The highest BCUT2D eigenvalue weighted by Crippen LogP contribution is 2.17. The number of anilines is 2. The van der Waals surface area contributed by atoms with E-state index in [1.165, 1.54) is 17.1 Å². The van der Waals surface area contributed by atoms with Gasteiger partial charge in [0.05, 0.1) is 6.33 Å². The molecule has 4 N–H and O–H groups in total. The van der Waals surface area contributed by atoms with Crippen molar-refractivity contribution in [2.24, 2.45) is 5.73 Å². The standard InChI is InChI=1S/C18H23N5O5/c1-18(2,3)28-16(25)9-23-8-15(20-11-23)22-17(26)21-12-5-4-6-13(7-12)27-10-14(19)24/h4-8,11H,9-10H2,1-3H3,(H2,19,24)(H2,21,22,26). The van der Waals surface area contributed by atoms with Crippen LogP contribution in [0.25, 0.3) is 0 Å². The van der Waals surface area contributed by atoms with Gasteiger partial charge in [-0.1, -0.05) is 6.07 Å². The van der Waals surface area contributed by atoms with Gasteiger partial charge < -0.3 is 25.1 Å². The van der Waals surface area contributed by atoms with E-state index in [0.717, 1.165) is 0 Å². The third kappa shape index (κ3) is 7.36. The molecule has 0 aliphatic carbocycles. The smallest absolute Gasteiger partial charge is 0.326 e. The number of carbonyl (C=O) groups is 3. The first-order valence-electron chi connectivity index (χ1n) is 8.43. The number of benzene rings is 1. The van der Waals surface area contributed by atoms with Crippen LogP contribution in [0, 0.1) is 0 Å². The molecule has 0 atom stereocenters. The fourth-order valence-corrected chi connectivity index (χ4v) is 2.13. The lowest BCUT2D eigenvalue weighted by Gasteiger charge is -2.19. The van der Waals surface area contributed by atoms with Crippen molar-refractivity contribution in [2.75, 3.05) is 17.2 Å². The fourth-order valence-electron chi connectivity index (χ4n) is 2.13. The Hall–Kier alpha value is -3.56. The van der Waals surface area contributed by atoms with Crippen LogP contribution < -0.4 is 21.1 Å². The monoisotopic (exact) mass is 389 g/mol. The van der Waals surface area contributed by atoms with E-state index in [1.807, 2.05) is 0 Å². The van der Waals surface area contributed by atoms with Crippen molar-refractivity contribution in [1.29, 1.82) is 0 Å². The molecule has 10 nitrogen and oxygen atoms in total. The Morgan fingerprint density at radius 3 is 2.64 bits per heavy atom. The lowest BCUT2D eigenvalue weighted by molar-refractivity contribution is -0.155. The van der Waals surface area contributed by atoms with E-state index in [1.54, 1.807) is 45.0 Å². The highest BCUT2D eigenvalue weighted by atomic mass is 16.6. The molecule has 1 heterocycles. The lowest BCUT2D eigenvalue weighted by atomic mass is 10.2. The van der Waals surface area contributed by atoms with Gasteiger partial charge in [-0.3, -0.25) is 14.9 Å². The second-order valence-corrected chi connectivity index (χ2v) is 6.88. The molecule has 1 aromatic heterocycles. The van der Waals surface area contributed by atoms with Gasteiger partial charge in [-0.15, -0.1) is 0 Å². The zero-order valence-corrected chi connectivity index (χ0v) is 15.9. The van der Waals surface area contributed by atoms with Crippen LogP contribution in [-0.2, 0) is 20.9 Å². The van der Waals surface area contributed by atoms with Gasteiger partial charge in [-0.05, 0) is 32.9 Å². The second kappa shape index (κ2) is 8.89. The summed E-state index contributed by atoms with van der Waals surface area (Å²) in [6, 6.07) is 5.95. The summed E-state index contributed by atoms with van der Waals surface area (Å²) in [4.78, 5) is 38.7. The van der Waals surface area contributed by atoms with Gasteiger partial charge in [-0.25, -0.2) is 9.78 Å². The quantitative estimate of drug-likeness (QED) is 0.617. The van der Waals surface area contributed by atoms with Crippen molar-refractivity contribution in [1.82, 2.24) is 9.55 Å². The molecule has 2 aromatic rings. The summed E-state index contributed by atoms with van der Waals surface area (Å²) in [7, 11) is 0. The van der Waals surface area contributed by atoms with Crippen molar-refractivity contribution in [3.63, 3.8) is 0 Å². The number of nitrogens with two attached hydrogens (primary N) is 1. The summed E-state index contributed by atoms with van der Waals surface area (Å²) in [5, 5.41) is 5.17. The van der Waals surface area contributed by atoms with Gasteiger partial charge >= 0.3 is 12.0 Å². The molecule has 0 saturated carbocycles. The predicted octanol–water partition coefficient (Wildman–Crippen LogP) is 1.73. The molecule has 0 spiro atoms. The number of nitrogens with zero attached hydrogens (tertiary/aromatic N) is 2. The molecule has 2 rings (SSSR count). The summed E-state index contributed by atoms with van der Waals surface area (Å²) in [6.45, 7) is 5.07. The molecular formula is C18H23N5O5. The average molecular weight is 389 g/mol. The summed E-state index contributed by atoms with van der Waals surface area (Å²) < 4.78 is 11.9. The molecule has 0 radical (unpaired) electrons. The molecule has 0 fully saturated rings. The summed E-state index contributed by atoms with van der Waals surface area (Å²) in [6.07, 6.45) is 2.92. The number of esters is 1. The number of urea groups is 1. The van der Waals surface area contributed by atoms with Crippen molar-refractivity contribution in [3.8, 4) is 5.75 Å². The maximum absolute atomic E-state index is 12.1. The summed E-state index contributed by atoms with van der Waals surface area (Å²) in [5.74, 6) is -0.354. The zero-order chi connectivity index (χ0) is 20.7. The van der Waals surface area contributed by atoms with Crippen molar-refractivity contribution >= 4 is 29.4 Å². The van der Waals surface area contributed by atoms with Crippen LogP contribution in [0.15, 0.2) is 36.8 Å². The summed E-state index contributed by atoms with van der Waals surface area (Å²) >= 11 is 0. The number of primary amides is 1. The highest BCUT2D eigenvalue weighted by molar-refractivity contribution is 5.99. The number of hydrogen-bond donors (Lipinski definition) is 3.